The molecule has 3 aromatic rings. The van der Waals surface area contributed by atoms with E-state index >= 15 is 0 Å². The second kappa shape index (κ2) is 10.1. The van der Waals surface area contributed by atoms with E-state index in [9.17, 15) is 0 Å². The Hall–Kier alpha value is -2.76. The lowest BCUT2D eigenvalue weighted by atomic mass is 10.2. The SMILES string of the molecule is CN=C(NCc1ccnc(-n2cccn2)c1)N1CCN(c2ncccn2)CC1.I. The van der Waals surface area contributed by atoms with Crippen molar-refractivity contribution in [3.05, 3.63) is 60.8 Å². The molecule has 0 saturated carbocycles. The smallest absolute Gasteiger partial charge is 0.225 e. The van der Waals surface area contributed by atoms with Crippen LogP contribution in [0.1, 0.15) is 5.56 Å². The van der Waals surface area contributed by atoms with E-state index in [0.29, 0.717) is 6.54 Å². The molecule has 1 N–H and O–H groups in total. The summed E-state index contributed by atoms with van der Waals surface area (Å²) in [6.45, 7) is 4.14. The normalized spacial score (nSPS) is 14.4. The van der Waals surface area contributed by atoms with E-state index < -0.39 is 0 Å². The number of hydrogen-bond acceptors (Lipinski definition) is 6. The van der Waals surface area contributed by atoms with Gasteiger partial charge in [0.25, 0.3) is 0 Å². The monoisotopic (exact) mass is 505 g/mol. The Bertz CT molecular complexity index is 906. The van der Waals surface area contributed by atoms with E-state index in [1.165, 1.54) is 0 Å². The van der Waals surface area contributed by atoms with E-state index in [0.717, 1.165) is 49.5 Å². The Morgan fingerprint density at radius 2 is 1.83 bits per heavy atom. The molecular weight excluding hydrogens is 481 g/mol. The number of aliphatic imine (C=N–C) groups is 1. The van der Waals surface area contributed by atoms with Crippen molar-refractivity contribution in [1.29, 1.82) is 0 Å². The molecule has 0 amide bonds. The van der Waals surface area contributed by atoms with Crippen LogP contribution in [-0.4, -0.2) is 68.8 Å². The van der Waals surface area contributed by atoms with Crippen LogP contribution in [0.25, 0.3) is 5.82 Å². The molecule has 1 fully saturated rings. The van der Waals surface area contributed by atoms with Gasteiger partial charge in [-0.1, -0.05) is 0 Å². The van der Waals surface area contributed by atoms with Gasteiger partial charge < -0.3 is 15.1 Å². The van der Waals surface area contributed by atoms with Crippen LogP contribution in [0, 0.1) is 0 Å². The number of pyridine rings is 1. The number of piperazine rings is 1. The molecule has 0 atom stereocenters. The van der Waals surface area contributed by atoms with Gasteiger partial charge in [0.15, 0.2) is 11.8 Å². The summed E-state index contributed by atoms with van der Waals surface area (Å²) in [6.07, 6.45) is 8.99. The summed E-state index contributed by atoms with van der Waals surface area (Å²) >= 11 is 0. The third kappa shape index (κ3) is 5.19. The average molecular weight is 505 g/mol. The first-order valence-electron chi connectivity index (χ1n) is 9.26. The minimum absolute atomic E-state index is 0. The van der Waals surface area contributed by atoms with E-state index in [1.807, 2.05) is 37.5 Å². The largest absolute Gasteiger partial charge is 0.352 e. The number of aromatic nitrogens is 5. The van der Waals surface area contributed by atoms with Crippen LogP contribution in [0.2, 0.25) is 0 Å². The van der Waals surface area contributed by atoms with Crippen molar-refractivity contribution in [1.82, 2.24) is 34.9 Å². The van der Waals surface area contributed by atoms with Gasteiger partial charge in [0.05, 0.1) is 0 Å². The van der Waals surface area contributed by atoms with E-state index in [1.54, 1.807) is 29.5 Å². The predicted octanol–water partition coefficient (Wildman–Crippen LogP) is 1.57. The standard InChI is InChI=1S/C19H23N9.HI/c1-20-18(26-10-12-27(13-11-26)19-22-5-2-6-23-19)24-15-16-4-8-21-17(14-16)28-9-3-7-25-28;/h2-9,14H,10-13,15H2,1H3,(H,20,24);1H. The van der Waals surface area contributed by atoms with Crippen molar-refractivity contribution in [3.8, 4) is 5.82 Å². The van der Waals surface area contributed by atoms with Crippen molar-refractivity contribution in [2.24, 2.45) is 4.99 Å². The number of halogens is 1. The maximum Gasteiger partial charge on any atom is 0.225 e. The van der Waals surface area contributed by atoms with Gasteiger partial charge in [0, 0.05) is 70.8 Å². The highest BCUT2D eigenvalue weighted by Gasteiger charge is 2.21. The maximum atomic E-state index is 4.45. The third-order valence-corrected chi connectivity index (χ3v) is 4.63. The molecule has 0 unspecified atom stereocenters. The summed E-state index contributed by atoms with van der Waals surface area (Å²) in [5, 5.41) is 7.68. The molecule has 0 radical (unpaired) electrons. The Kier molecular flexibility index (Phi) is 7.33. The van der Waals surface area contributed by atoms with Crippen LogP contribution in [0.4, 0.5) is 5.95 Å². The molecule has 0 aliphatic carbocycles. The Balaban J connectivity index is 0.00000240. The number of anilines is 1. The molecule has 4 rings (SSSR count). The zero-order valence-corrected chi connectivity index (χ0v) is 18.5. The van der Waals surface area contributed by atoms with Crippen molar-refractivity contribution >= 4 is 35.9 Å². The predicted molar refractivity (Wildman–Crippen MR) is 123 cm³/mol. The van der Waals surface area contributed by atoms with Crippen molar-refractivity contribution in [3.63, 3.8) is 0 Å². The van der Waals surface area contributed by atoms with Crippen LogP contribution in [0.5, 0.6) is 0 Å². The third-order valence-electron chi connectivity index (χ3n) is 4.63. The van der Waals surface area contributed by atoms with Gasteiger partial charge in [-0.3, -0.25) is 4.99 Å². The van der Waals surface area contributed by atoms with Crippen LogP contribution in [-0.2, 0) is 6.54 Å². The van der Waals surface area contributed by atoms with Crippen molar-refractivity contribution < 1.29 is 0 Å². The Morgan fingerprint density at radius 1 is 1.03 bits per heavy atom. The fourth-order valence-corrected chi connectivity index (χ4v) is 3.19. The highest BCUT2D eigenvalue weighted by atomic mass is 127. The minimum atomic E-state index is 0. The van der Waals surface area contributed by atoms with Crippen LogP contribution in [0.3, 0.4) is 0 Å². The number of nitrogens with one attached hydrogen (secondary N) is 1. The fraction of sp³-hybridized carbons (Fsp3) is 0.316. The van der Waals surface area contributed by atoms with Crippen molar-refractivity contribution in [2.75, 3.05) is 38.1 Å². The second-order valence-electron chi connectivity index (χ2n) is 6.40. The highest BCUT2D eigenvalue weighted by Crippen LogP contribution is 2.10. The van der Waals surface area contributed by atoms with Crippen LogP contribution in [0.15, 0.2) is 60.2 Å². The zero-order chi connectivity index (χ0) is 19.2. The van der Waals surface area contributed by atoms with Crippen LogP contribution < -0.4 is 10.2 Å². The summed E-state index contributed by atoms with van der Waals surface area (Å²) in [5.41, 5.74) is 1.12. The lowest BCUT2D eigenvalue weighted by Crippen LogP contribution is -2.52. The first kappa shape index (κ1) is 21.0. The molecule has 4 heterocycles. The first-order valence-corrected chi connectivity index (χ1v) is 9.26. The van der Waals surface area contributed by atoms with Gasteiger partial charge in [-0.2, -0.15) is 5.10 Å². The molecule has 0 spiro atoms. The van der Waals surface area contributed by atoms with Gasteiger partial charge in [0.1, 0.15) is 0 Å². The maximum absolute atomic E-state index is 4.45. The molecule has 9 nitrogen and oxygen atoms in total. The second-order valence-corrected chi connectivity index (χ2v) is 6.40. The Labute approximate surface area is 186 Å². The topological polar surface area (TPSA) is 87.4 Å². The van der Waals surface area contributed by atoms with E-state index in [2.05, 4.69) is 40.2 Å². The molecule has 152 valence electrons. The van der Waals surface area contributed by atoms with Gasteiger partial charge in [-0.25, -0.2) is 19.6 Å². The molecule has 29 heavy (non-hydrogen) atoms. The lowest BCUT2D eigenvalue weighted by Gasteiger charge is -2.36. The summed E-state index contributed by atoms with van der Waals surface area (Å²) < 4.78 is 1.75. The molecule has 1 aliphatic heterocycles. The molecule has 1 aliphatic rings. The summed E-state index contributed by atoms with van der Waals surface area (Å²) in [4.78, 5) is 21.9. The molecule has 3 aromatic heterocycles. The number of guanidine groups is 1. The summed E-state index contributed by atoms with van der Waals surface area (Å²) in [5.74, 6) is 2.48. The fourth-order valence-electron chi connectivity index (χ4n) is 3.19. The minimum Gasteiger partial charge on any atom is -0.352 e. The van der Waals surface area contributed by atoms with Crippen molar-refractivity contribution in [2.45, 2.75) is 6.54 Å². The molecule has 0 aromatic carbocycles. The summed E-state index contributed by atoms with van der Waals surface area (Å²) in [7, 11) is 1.82. The first-order chi connectivity index (χ1) is 13.8. The molecule has 1 saturated heterocycles. The average Bonchev–Trinajstić information content (AvgIpc) is 3.31. The molecule has 0 bridgehead atoms. The van der Waals surface area contributed by atoms with E-state index in [-0.39, 0.29) is 24.0 Å². The van der Waals surface area contributed by atoms with E-state index in [4.69, 9.17) is 0 Å². The van der Waals surface area contributed by atoms with Gasteiger partial charge in [-0.15, -0.1) is 24.0 Å². The molecule has 10 heteroatoms. The zero-order valence-electron chi connectivity index (χ0n) is 16.2. The summed E-state index contributed by atoms with van der Waals surface area (Å²) in [6, 6.07) is 7.74. The quantitative estimate of drug-likeness (QED) is 0.327. The Morgan fingerprint density at radius 3 is 2.52 bits per heavy atom. The van der Waals surface area contributed by atoms with Gasteiger partial charge >= 0.3 is 0 Å². The van der Waals surface area contributed by atoms with Crippen LogP contribution >= 0.6 is 24.0 Å². The van der Waals surface area contributed by atoms with Gasteiger partial charge in [-0.05, 0) is 29.8 Å². The number of nitrogens with zero attached hydrogens (tertiary/aromatic N) is 8. The number of hydrogen-bond donors (Lipinski definition) is 1. The van der Waals surface area contributed by atoms with Gasteiger partial charge in [0.2, 0.25) is 5.95 Å². The lowest BCUT2D eigenvalue weighted by molar-refractivity contribution is 0.370. The molecular formula is C19H24IN9. The highest BCUT2D eigenvalue weighted by molar-refractivity contribution is 14.0. The number of rotatable bonds is 4.